The quantitative estimate of drug-likeness (QED) is 0.237. The number of nitrogens with zero attached hydrogens (tertiary/aromatic N) is 4. The largest absolute Gasteiger partial charge is 0.495 e. The lowest BCUT2D eigenvalue weighted by molar-refractivity contribution is 0.0394. The second kappa shape index (κ2) is 12.7. The number of para-hydroxylation sites is 3. The summed E-state index contributed by atoms with van der Waals surface area (Å²) in [6, 6.07) is 23.0. The molecule has 0 spiro atoms. The van der Waals surface area contributed by atoms with Crippen LogP contribution in [0.2, 0.25) is 0 Å². The SMILES string of the molecule is CCCCCc1ccc(C(=O)N2CCN(C(C)c3nc4ccccc4c(=O)n3-c3ccccc3OC)CC2C)cc1. The number of aromatic nitrogens is 2. The fraction of sp³-hybridized carbons (Fsp3) is 0.382. The molecule has 0 N–H and O–H groups in total. The van der Waals surface area contributed by atoms with Gasteiger partial charge >= 0.3 is 0 Å². The van der Waals surface area contributed by atoms with Crippen molar-refractivity contribution in [2.45, 2.75) is 58.5 Å². The topological polar surface area (TPSA) is 67.7 Å². The molecule has 2 heterocycles. The summed E-state index contributed by atoms with van der Waals surface area (Å²) in [5.74, 6) is 1.34. The van der Waals surface area contributed by atoms with Gasteiger partial charge in [0.15, 0.2) is 0 Å². The summed E-state index contributed by atoms with van der Waals surface area (Å²) < 4.78 is 7.32. The molecule has 7 heteroatoms. The molecule has 1 fully saturated rings. The van der Waals surface area contributed by atoms with Gasteiger partial charge in [-0.25, -0.2) is 4.98 Å². The van der Waals surface area contributed by atoms with Crippen molar-refractivity contribution < 1.29 is 9.53 Å². The highest BCUT2D eigenvalue weighted by atomic mass is 16.5. The molecule has 41 heavy (non-hydrogen) atoms. The molecule has 1 amide bonds. The van der Waals surface area contributed by atoms with Crippen molar-refractivity contribution in [1.82, 2.24) is 19.4 Å². The maximum Gasteiger partial charge on any atom is 0.266 e. The summed E-state index contributed by atoms with van der Waals surface area (Å²) in [5, 5.41) is 0.564. The summed E-state index contributed by atoms with van der Waals surface area (Å²) in [6.45, 7) is 8.36. The van der Waals surface area contributed by atoms with Crippen molar-refractivity contribution in [3.05, 3.63) is 100 Å². The third kappa shape index (κ3) is 5.91. The first-order valence-corrected chi connectivity index (χ1v) is 14.7. The smallest absolute Gasteiger partial charge is 0.266 e. The standard InChI is InChI=1S/C34H40N4O3/c1-5-6-7-12-26-17-19-27(20-18-26)33(39)37-22-21-36(23-24(37)2)25(3)32-35-29-14-9-8-13-28(29)34(40)38(32)30-15-10-11-16-31(30)41-4/h8-11,13-20,24-25H,5-7,12,21-23H2,1-4H3. The van der Waals surface area contributed by atoms with Gasteiger partial charge in [0.1, 0.15) is 11.6 Å². The van der Waals surface area contributed by atoms with Crippen molar-refractivity contribution in [2.24, 2.45) is 0 Å². The van der Waals surface area contributed by atoms with Crippen LogP contribution in [0.1, 0.15) is 67.8 Å². The fourth-order valence-corrected chi connectivity index (χ4v) is 5.84. The number of ether oxygens (including phenoxy) is 1. The normalized spacial score (nSPS) is 16.6. The van der Waals surface area contributed by atoms with Crippen LogP contribution >= 0.6 is 0 Å². The lowest BCUT2D eigenvalue weighted by atomic mass is 10.0. The zero-order valence-corrected chi connectivity index (χ0v) is 24.5. The minimum atomic E-state index is -0.167. The molecule has 0 bridgehead atoms. The van der Waals surface area contributed by atoms with E-state index < -0.39 is 0 Å². The molecular weight excluding hydrogens is 512 g/mol. The summed E-state index contributed by atoms with van der Waals surface area (Å²) in [6.07, 6.45) is 4.66. The highest BCUT2D eigenvalue weighted by Gasteiger charge is 2.32. The van der Waals surface area contributed by atoms with Crippen LogP contribution in [0.25, 0.3) is 16.6 Å². The number of amides is 1. The molecule has 0 radical (unpaired) electrons. The second-order valence-electron chi connectivity index (χ2n) is 11.0. The van der Waals surface area contributed by atoms with Crippen LogP contribution in [0.3, 0.4) is 0 Å². The average molecular weight is 553 g/mol. The molecule has 3 aromatic carbocycles. The van der Waals surface area contributed by atoms with Gasteiger partial charge in [-0.1, -0.05) is 56.2 Å². The van der Waals surface area contributed by atoms with Crippen molar-refractivity contribution in [3.63, 3.8) is 0 Å². The van der Waals surface area contributed by atoms with Gasteiger partial charge in [0.2, 0.25) is 0 Å². The van der Waals surface area contributed by atoms with Crippen LogP contribution in [0.4, 0.5) is 0 Å². The third-order valence-corrected chi connectivity index (χ3v) is 8.24. The molecule has 1 aromatic heterocycles. The van der Waals surface area contributed by atoms with Crippen molar-refractivity contribution in [3.8, 4) is 11.4 Å². The van der Waals surface area contributed by atoms with Gasteiger partial charge in [0.05, 0.1) is 29.7 Å². The number of fused-ring (bicyclic) bond motifs is 1. The number of benzene rings is 3. The van der Waals surface area contributed by atoms with Crippen LogP contribution in [0.15, 0.2) is 77.6 Å². The van der Waals surface area contributed by atoms with Crippen molar-refractivity contribution >= 4 is 16.8 Å². The maximum atomic E-state index is 13.9. The monoisotopic (exact) mass is 552 g/mol. The Morgan fingerprint density at radius 2 is 1.73 bits per heavy atom. The summed E-state index contributed by atoms with van der Waals surface area (Å²) in [7, 11) is 1.61. The van der Waals surface area contributed by atoms with E-state index >= 15 is 0 Å². The van der Waals surface area contributed by atoms with Crippen LogP contribution in [0.5, 0.6) is 5.75 Å². The zero-order valence-electron chi connectivity index (χ0n) is 24.5. The van der Waals surface area contributed by atoms with E-state index in [2.05, 4.69) is 37.8 Å². The number of unbranched alkanes of at least 4 members (excludes halogenated alkanes) is 2. The lowest BCUT2D eigenvalue weighted by Gasteiger charge is -2.42. The molecule has 0 aliphatic carbocycles. The Hall–Kier alpha value is -3.97. The number of carbonyl (C=O) groups is 1. The first-order valence-electron chi connectivity index (χ1n) is 14.7. The predicted octanol–water partition coefficient (Wildman–Crippen LogP) is 6.03. The third-order valence-electron chi connectivity index (χ3n) is 8.24. The average Bonchev–Trinajstić information content (AvgIpc) is 3.01. The first-order chi connectivity index (χ1) is 19.9. The van der Waals surface area contributed by atoms with E-state index in [0.29, 0.717) is 47.8 Å². The first kappa shape index (κ1) is 28.6. The van der Waals surface area contributed by atoms with Gasteiger partial charge in [-0.05, 0) is 68.7 Å². The number of piperazine rings is 1. The molecule has 5 rings (SSSR count). The molecular formula is C34H40N4O3. The molecule has 4 aromatic rings. The van der Waals surface area contributed by atoms with E-state index in [9.17, 15) is 9.59 Å². The second-order valence-corrected chi connectivity index (χ2v) is 11.0. The fourth-order valence-electron chi connectivity index (χ4n) is 5.84. The minimum absolute atomic E-state index is 0.00909. The van der Waals surface area contributed by atoms with E-state index in [1.165, 1.54) is 24.8 Å². The predicted molar refractivity (Wildman–Crippen MR) is 164 cm³/mol. The van der Waals surface area contributed by atoms with Crippen LogP contribution < -0.4 is 10.3 Å². The van der Waals surface area contributed by atoms with Crippen molar-refractivity contribution in [1.29, 1.82) is 0 Å². The number of methoxy groups -OCH3 is 1. The lowest BCUT2D eigenvalue weighted by Crippen LogP contribution is -2.54. The van der Waals surface area contributed by atoms with Gasteiger partial charge in [-0.2, -0.15) is 0 Å². The van der Waals surface area contributed by atoms with Gasteiger partial charge < -0.3 is 9.64 Å². The van der Waals surface area contributed by atoms with E-state index in [-0.39, 0.29) is 23.6 Å². The highest BCUT2D eigenvalue weighted by molar-refractivity contribution is 5.94. The summed E-state index contributed by atoms with van der Waals surface area (Å²) in [4.78, 5) is 36.6. The number of hydrogen-bond acceptors (Lipinski definition) is 5. The summed E-state index contributed by atoms with van der Waals surface area (Å²) in [5.41, 5.74) is 3.23. The minimum Gasteiger partial charge on any atom is -0.495 e. The molecule has 2 atom stereocenters. The zero-order chi connectivity index (χ0) is 28.9. The van der Waals surface area contributed by atoms with E-state index in [4.69, 9.17) is 9.72 Å². The van der Waals surface area contributed by atoms with E-state index in [0.717, 1.165) is 12.0 Å². The Balaban J connectivity index is 1.39. The molecule has 1 saturated heterocycles. The molecule has 214 valence electrons. The van der Waals surface area contributed by atoms with Gasteiger partial charge in [0.25, 0.3) is 11.5 Å². The Morgan fingerprint density at radius 1 is 1.00 bits per heavy atom. The molecule has 1 aliphatic heterocycles. The summed E-state index contributed by atoms with van der Waals surface area (Å²) >= 11 is 0. The highest BCUT2D eigenvalue weighted by Crippen LogP contribution is 2.29. The van der Waals surface area contributed by atoms with Gasteiger partial charge in [0, 0.05) is 31.2 Å². The Kier molecular flexibility index (Phi) is 8.84. The molecule has 0 saturated carbocycles. The Bertz CT molecular complexity index is 1560. The Morgan fingerprint density at radius 3 is 2.46 bits per heavy atom. The number of carbonyl (C=O) groups excluding carboxylic acids is 1. The van der Waals surface area contributed by atoms with Crippen LogP contribution in [-0.4, -0.2) is 58.0 Å². The van der Waals surface area contributed by atoms with Gasteiger partial charge in [-0.3, -0.25) is 19.1 Å². The van der Waals surface area contributed by atoms with Crippen LogP contribution in [-0.2, 0) is 6.42 Å². The van der Waals surface area contributed by atoms with E-state index in [1.807, 2.05) is 65.6 Å². The maximum absolute atomic E-state index is 13.9. The Labute approximate surface area is 242 Å². The molecule has 7 nitrogen and oxygen atoms in total. The number of rotatable bonds is 9. The molecule has 2 unspecified atom stereocenters. The number of hydrogen-bond donors (Lipinski definition) is 0. The number of aryl methyl sites for hydroxylation is 1. The van der Waals surface area contributed by atoms with Gasteiger partial charge in [-0.15, -0.1) is 0 Å². The van der Waals surface area contributed by atoms with Crippen molar-refractivity contribution in [2.75, 3.05) is 26.7 Å². The van der Waals surface area contributed by atoms with Crippen LogP contribution in [0, 0.1) is 0 Å². The van der Waals surface area contributed by atoms with E-state index in [1.54, 1.807) is 11.7 Å². The molecule has 1 aliphatic rings.